The normalized spacial score (nSPS) is 17.8. The van der Waals surface area contributed by atoms with Crippen LogP contribution in [-0.2, 0) is 41.4 Å². The van der Waals surface area contributed by atoms with Crippen molar-refractivity contribution in [1.29, 1.82) is 0 Å². The first-order valence-electron chi connectivity index (χ1n) is 17.8. The van der Waals surface area contributed by atoms with Crippen LogP contribution in [-0.4, -0.2) is 63.8 Å². The Labute approximate surface area is 328 Å². The monoisotopic (exact) mass is 813 g/mol. The molecule has 0 saturated carbocycles. The number of alkyl halides is 2. The van der Waals surface area contributed by atoms with Gasteiger partial charge in [0.15, 0.2) is 0 Å². The predicted octanol–water partition coefficient (Wildman–Crippen LogP) is 6.42. The van der Waals surface area contributed by atoms with Crippen LogP contribution in [0.4, 0.5) is 23.8 Å². The first kappa shape index (κ1) is 42.8. The van der Waals surface area contributed by atoms with Gasteiger partial charge in [-0.3, -0.25) is 14.2 Å². The maximum atomic E-state index is 15.4. The van der Waals surface area contributed by atoms with Gasteiger partial charge in [-0.25, -0.2) is 27.8 Å². The fourth-order valence-electron chi connectivity index (χ4n) is 5.37. The molecular weight excluding hydrogens is 770 g/mol. The Bertz CT molecular complexity index is 2020. The third kappa shape index (κ3) is 13.1. The predicted molar refractivity (Wildman–Crippen MR) is 203 cm³/mol. The summed E-state index contributed by atoms with van der Waals surface area (Å²) in [5, 5.41) is 7.80. The van der Waals surface area contributed by atoms with Gasteiger partial charge in [-0.05, 0) is 69.2 Å². The van der Waals surface area contributed by atoms with E-state index in [0.29, 0.717) is 15.9 Å². The molecule has 1 saturated heterocycles. The molecule has 5 rings (SSSR count). The fourth-order valence-corrected chi connectivity index (χ4v) is 6.59. The summed E-state index contributed by atoms with van der Waals surface area (Å²) in [5.41, 5.74) is -0.747. The number of alkyl carbamates (subject to hydrolysis) is 1. The molecule has 5 unspecified atom stereocenters. The molecule has 1 fully saturated rings. The van der Waals surface area contributed by atoms with Gasteiger partial charge in [0, 0.05) is 19.0 Å². The Kier molecular flexibility index (Phi) is 14.4. The third-order valence-corrected chi connectivity index (χ3v) is 9.42. The van der Waals surface area contributed by atoms with Crippen molar-refractivity contribution >= 4 is 32.3 Å². The van der Waals surface area contributed by atoms with Crippen molar-refractivity contribution in [3.63, 3.8) is 0 Å². The molecule has 5 atom stereocenters. The van der Waals surface area contributed by atoms with Crippen LogP contribution in [0.5, 0.6) is 5.75 Å². The summed E-state index contributed by atoms with van der Waals surface area (Å²) in [6.45, 7) is 6.10. The highest BCUT2D eigenvalue weighted by Gasteiger charge is 2.52. The van der Waals surface area contributed by atoms with Crippen LogP contribution in [0.25, 0.3) is 0 Å². The van der Waals surface area contributed by atoms with E-state index in [-0.39, 0.29) is 18.8 Å². The second-order valence-corrected chi connectivity index (χ2v) is 15.2. The van der Waals surface area contributed by atoms with Gasteiger partial charge in [-0.2, -0.15) is 4.98 Å². The number of carbonyl (C=O) groups excluding carboxylic acids is 3. The molecule has 1 aliphatic rings. The number of carbonyl (C=O) groups is 3. The average Bonchev–Trinajstić information content (AvgIpc) is 3.46. The summed E-state index contributed by atoms with van der Waals surface area (Å²) < 4.78 is 73.0. The number of nitrogens with one attached hydrogen (secondary N) is 3. The van der Waals surface area contributed by atoms with Crippen molar-refractivity contribution in [3.05, 3.63) is 125 Å². The molecule has 3 aromatic carbocycles. The highest BCUT2D eigenvalue weighted by Crippen LogP contribution is 2.44. The summed E-state index contributed by atoms with van der Waals surface area (Å²) in [7, 11) is -2.09. The summed E-state index contributed by atoms with van der Waals surface area (Å²) in [4.78, 5) is 55.5. The summed E-state index contributed by atoms with van der Waals surface area (Å²) in [5.74, 6) is -5.34. The number of nitrogens with zero attached hydrogens (tertiary/aromatic N) is 2. The van der Waals surface area contributed by atoms with E-state index in [1.54, 1.807) is 58.0 Å². The van der Waals surface area contributed by atoms with Crippen molar-refractivity contribution in [2.24, 2.45) is 0 Å². The number of anilines is 1. The topological polar surface area (TPSA) is 168 Å². The molecule has 2 heterocycles. The van der Waals surface area contributed by atoms with E-state index >= 15 is 8.78 Å². The van der Waals surface area contributed by atoms with Crippen molar-refractivity contribution in [3.8, 4) is 5.75 Å². The Morgan fingerprint density at radius 3 is 2.30 bits per heavy atom. The van der Waals surface area contributed by atoms with Gasteiger partial charge in [-0.15, -0.1) is 0 Å². The van der Waals surface area contributed by atoms with Crippen LogP contribution in [0.2, 0.25) is 0 Å². The molecule has 0 spiro atoms. The zero-order valence-electron chi connectivity index (χ0n) is 31.5. The third-order valence-electron chi connectivity index (χ3n) is 8.06. The van der Waals surface area contributed by atoms with Gasteiger partial charge in [-0.1, -0.05) is 60.7 Å². The standard InChI is InChI=1S/C39H43F3N5O9P/c1-25(34(49)52-23-27-11-7-5-8-12-27)46-57(56-29-13-9-6-10-14-29)53-24-30-22-39(41,42)35(54-30)47-20-19-32(45-36(47)50)44-33(48)31(43-37(51)55-38(2,3)4)21-26-15-17-28(40)18-16-26/h5-20,25,30-31,35,46H,21-24H2,1-4H3,(H,43,51)(H,44,45,48,50). The molecule has 1 aromatic heterocycles. The molecule has 0 radical (unpaired) electrons. The van der Waals surface area contributed by atoms with Crippen LogP contribution >= 0.6 is 8.53 Å². The first-order valence-corrected chi connectivity index (χ1v) is 19.0. The van der Waals surface area contributed by atoms with Crippen LogP contribution in [0, 0.1) is 5.82 Å². The van der Waals surface area contributed by atoms with E-state index in [1.165, 1.54) is 24.3 Å². The lowest BCUT2D eigenvalue weighted by molar-refractivity contribution is -0.146. The molecular formula is C39H43F3N5O9P. The van der Waals surface area contributed by atoms with Gasteiger partial charge in [0.05, 0.1) is 12.7 Å². The minimum atomic E-state index is -3.55. The SMILES string of the molecule is CC(NP(OCC1CC(F)(F)C(n2ccc(NC(=O)C(Cc3ccc(F)cc3)NC(=O)OC(C)(C)C)nc2=O)O1)Oc1ccccc1)C(=O)OCc1ccccc1. The molecule has 3 N–H and O–H groups in total. The number of aromatic nitrogens is 2. The van der Waals surface area contributed by atoms with E-state index in [9.17, 15) is 23.6 Å². The van der Waals surface area contributed by atoms with Gasteiger partial charge < -0.3 is 33.9 Å². The van der Waals surface area contributed by atoms with Crippen molar-refractivity contribution < 1.29 is 50.8 Å². The van der Waals surface area contributed by atoms with Crippen molar-refractivity contribution in [2.45, 2.75) is 83.1 Å². The molecule has 304 valence electrons. The highest BCUT2D eigenvalue weighted by atomic mass is 31.2. The zero-order valence-corrected chi connectivity index (χ0v) is 32.4. The van der Waals surface area contributed by atoms with Crippen LogP contribution < -0.4 is 25.9 Å². The quantitative estimate of drug-likeness (QED) is 0.0843. The average molecular weight is 814 g/mol. The van der Waals surface area contributed by atoms with Crippen LogP contribution in [0.3, 0.4) is 0 Å². The van der Waals surface area contributed by atoms with E-state index < -0.39 is 87.0 Å². The number of esters is 1. The molecule has 1 aliphatic heterocycles. The molecule has 4 aromatic rings. The van der Waals surface area contributed by atoms with Gasteiger partial charge in [0.1, 0.15) is 41.7 Å². The second kappa shape index (κ2) is 19.2. The fraction of sp³-hybridized carbons (Fsp3) is 0.359. The largest absolute Gasteiger partial charge is 0.460 e. The molecule has 57 heavy (non-hydrogen) atoms. The molecule has 0 bridgehead atoms. The van der Waals surface area contributed by atoms with E-state index in [2.05, 4.69) is 20.7 Å². The van der Waals surface area contributed by atoms with Crippen LogP contribution in [0.15, 0.2) is 102 Å². The number of hydrogen-bond donors (Lipinski definition) is 3. The number of amides is 2. The molecule has 2 amide bonds. The lowest BCUT2D eigenvalue weighted by atomic mass is 10.1. The van der Waals surface area contributed by atoms with E-state index in [4.69, 9.17) is 23.3 Å². The number of para-hydroxylation sites is 1. The Balaban J connectivity index is 1.22. The minimum Gasteiger partial charge on any atom is -0.460 e. The number of benzene rings is 3. The first-order chi connectivity index (χ1) is 27.0. The number of halogens is 3. The Morgan fingerprint density at radius 1 is 0.982 bits per heavy atom. The van der Waals surface area contributed by atoms with Crippen molar-refractivity contribution in [1.82, 2.24) is 20.0 Å². The Hall–Kier alpha value is -5.35. The second-order valence-electron chi connectivity index (χ2n) is 14.0. The lowest BCUT2D eigenvalue weighted by Crippen LogP contribution is -2.47. The van der Waals surface area contributed by atoms with Gasteiger partial charge in [0.2, 0.25) is 12.1 Å². The lowest BCUT2D eigenvalue weighted by Gasteiger charge is -2.23. The maximum absolute atomic E-state index is 15.4. The Morgan fingerprint density at radius 2 is 1.65 bits per heavy atom. The van der Waals surface area contributed by atoms with E-state index in [0.717, 1.165) is 17.8 Å². The summed E-state index contributed by atoms with van der Waals surface area (Å²) in [6, 6.07) is 21.8. The summed E-state index contributed by atoms with van der Waals surface area (Å²) >= 11 is 0. The molecule has 0 aliphatic carbocycles. The number of ether oxygens (including phenoxy) is 3. The molecule has 18 heteroatoms. The summed E-state index contributed by atoms with van der Waals surface area (Å²) in [6.07, 6.45) is -4.10. The number of hydrogen-bond acceptors (Lipinski definition) is 11. The highest BCUT2D eigenvalue weighted by molar-refractivity contribution is 7.45. The van der Waals surface area contributed by atoms with Gasteiger partial charge in [0.25, 0.3) is 5.92 Å². The number of rotatable bonds is 16. The van der Waals surface area contributed by atoms with Gasteiger partial charge >= 0.3 is 26.3 Å². The zero-order chi connectivity index (χ0) is 41.2. The van der Waals surface area contributed by atoms with Crippen molar-refractivity contribution in [2.75, 3.05) is 11.9 Å². The minimum absolute atomic E-state index is 0.0430. The maximum Gasteiger partial charge on any atom is 0.408 e. The van der Waals surface area contributed by atoms with E-state index in [1.807, 2.05) is 30.3 Å². The smallest absolute Gasteiger partial charge is 0.408 e. The van der Waals surface area contributed by atoms with Crippen LogP contribution in [0.1, 0.15) is 51.5 Å². The molecule has 14 nitrogen and oxygen atoms in total.